The van der Waals surface area contributed by atoms with Gasteiger partial charge in [-0.05, 0) is 70.6 Å². The Morgan fingerprint density at radius 3 is 1.22 bits per heavy atom. The molecular weight excluding hydrogens is 717 g/mol. The summed E-state index contributed by atoms with van der Waals surface area (Å²) < 4.78 is 17.4. The fourth-order valence-corrected chi connectivity index (χ4v) is 7.31. The highest BCUT2D eigenvalue weighted by Crippen LogP contribution is 2.15. The maximum Gasteiger partial charge on any atom is 0.306 e. The van der Waals surface area contributed by atoms with Crippen LogP contribution in [0.25, 0.3) is 0 Å². The second-order valence-corrected chi connectivity index (χ2v) is 17.1. The van der Waals surface area contributed by atoms with Gasteiger partial charge in [-0.15, -0.1) is 0 Å². The zero-order chi connectivity index (χ0) is 42.1. The summed E-state index contributed by atoms with van der Waals surface area (Å²) in [5.74, 6) is -0.405. The van der Waals surface area contributed by atoms with Crippen LogP contribution in [0.15, 0.2) is 36.5 Å². The molecule has 0 heterocycles. The monoisotopic (exact) mass is 815 g/mol. The summed E-state index contributed by atoms with van der Waals surface area (Å²) in [5.41, 5.74) is 0. The summed E-state index contributed by atoms with van der Waals surface area (Å²) in [7, 11) is 0. The number of carbonyl (C=O) groups excluding carboxylic acids is 2. The summed E-state index contributed by atoms with van der Waals surface area (Å²) >= 11 is 0. The van der Waals surface area contributed by atoms with Crippen molar-refractivity contribution in [2.24, 2.45) is 0 Å². The van der Waals surface area contributed by atoms with Gasteiger partial charge in [0.2, 0.25) is 0 Å². The zero-order valence-electron chi connectivity index (χ0n) is 39.1. The van der Waals surface area contributed by atoms with Gasteiger partial charge in [-0.1, -0.05) is 218 Å². The van der Waals surface area contributed by atoms with Crippen LogP contribution in [0, 0.1) is 0 Å². The van der Waals surface area contributed by atoms with E-state index in [4.69, 9.17) is 14.2 Å². The first-order valence-corrected chi connectivity index (χ1v) is 25.5. The molecule has 5 heteroatoms. The van der Waals surface area contributed by atoms with Crippen LogP contribution in [0.5, 0.6) is 0 Å². The molecule has 0 spiro atoms. The molecule has 0 aromatic rings. The van der Waals surface area contributed by atoms with E-state index in [-0.39, 0.29) is 25.2 Å². The van der Waals surface area contributed by atoms with Gasteiger partial charge in [0.25, 0.3) is 0 Å². The van der Waals surface area contributed by atoms with E-state index in [2.05, 4.69) is 57.2 Å². The lowest BCUT2D eigenvalue weighted by atomic mass is 10.0. The number of unbranched alkanes of at least 4 members (excludes halogenated alkanes) is 30. The summed E-state index contributed by atoms with van der Waals surface area (Å²) in [5, 5.41) is 0. The molecule has 0 N–H and O–H groups in total. The lowest BCUT2D eigenvalue weighted by Crippen LogP contribution is -2.30. The highest BCUT2D eigenvalue weighted by molar-refractivity contribution is 5.70. The molecule has 1 unspecified atom stereocenters. The number of esters is 2. The SMILES string of the molecule is CCC/C=C\C/C=C\CCCCCCCC(=O)OCC(COCCCCCCCC/C=C\CCCCCCCC)OC(=O)CCCCCCCCCCCCCCC. The van der Waals surface area contributed by atoms with E-state index in [0.717, 1.165) is 57.8 Å². The number of ether oxygens (including phenoxy) is 3. The third-order valence-corrected chi connectivity index (χ3v) is 11.1. The third-order valence-electron chi connectivity index (χ3n) is 11.1. The summed E-state index contributed by atoms with van der Waals surface area (Å²) in [4.78, 5) is 25.3. The van der Waals surface area contributed by atoms with Crippen LogP contribution >= 0.6 is 0 Å². The van der Waals surface area contributed by atoms with Crippen LogP contribution in [0.1, 0.15) is 265 Å². The quantitative estimate of drug-likeness (QED) is 0.0348. The fourth-order valence-electron chi connectivity index (χ4n) is 7.31. The van der Waals surface area contributed by atoms with E-state index in [9.17, 15) is 9.59 Å². The number of hydrogen-bond acceptors (Lipinski definition) is 5. The van der Waals surface area contributed by atoms with Crippen molar-refractivity contribution < 1.29 is 23.8 Å². The Kier molecular flexibility index (Phi) is 47.9. The normalized spacial score (nSPS) is 12.4. The first-order valence-electron chi connectivity index (χ1n) is 25.5. The first-order chi connectivity index (χ1) is 28.6. The minimum Gasteiger partial charge on any atom is -0.462 e. The Balaban J connectivity index is 4.26. The van der Waals surface area contributed by atoms with Crippen molar-refractivity contribution >= 4 is 11.9 Å². The van der Waals surface area contributed by atoms with Crippen molar-refractivity contribution in [1.29, 1.82) is 0 Å². The molecule has 0 aromatic carbocycles. The van der Waals surface area contributed by atoms with E-state index in [1.165, 1.54) is 173 Å². The molecule has 0 saturated carbocycles. The van der Waals surface area contributed by atoms with Crippen molar-refractivity contribution in [3.8, 4) is 0 Å². The van der Waals surface area contributed by atoms with Gasteiger partial charge < -0.3 is 14.2 Å². The Bertz CT molecular complexity index is 924. The number of allylic oxidation sites excluding steroid dienone is 6. The maximum atomic E-state index is 12.8. The Morgan fingerprint density at radius 1 is 0.379 bits per heavy atom. The minimum absolute atomic E-state index is 0.0799. The minimum atomic E-state index is -0.539. The first kappa shape index (κ1) is 56.1. The molecule has 58 heavy (non-hydrogen) atoms. The van der Waals surface area contributed by atoms with Crippen molar-refractivity contribution in [2.45, 2.75) is 271 Å². The maximum absolute atomic E-state index is 12.8. The van der Waals surface area contributed by atoms with Gasteiger partial charge in [-0.25, -0.2) is 0 Å². The Hall–Kier alpha value is -1.88. The summed E-state index contributed by atoms with van der Waals surface area (Å²) in [6.45, 7) is 7.77. The van der Waals surface area contributed by atoms with Crippen molar-refractivity contribution in [1.82, 2.24) is 0 Å². The van der Waals surface area contributed by atoms with Gasteiger partial charge in [0.15, 0.2) is 6.10 Å². The topological polar surface area (TPSA) is 61.8 Å². The number of carbonyl (C=O) groups is 2. The highest BCUT2D eigenvalue weighted by atomic mass is 16.6. The van der Waals surface area contributed by atoms with Crippen LogP contribution in [-0.2, 0) is 23.8 Å². The highest BCUT2D eigenvalue weighted by Gasteiger charge is 2.17. The molecule has 0 aliphatic rings. The molecule has 0 saturated heterocycles. The van der Waals surface area contributed by atoms with Gasteiger partial charge in [0.05, 0.1) is 6.61 Å². The van der Waals surface area contributed by atoms with Gasteiger partial charge in [-0.3, -0.25) is 9.59 Å². The molecule has 340 valence electrons. The fraction of sp³-hybridized carbons (Fsp3) is 0.849. The molecule has 1 atom stereocenters. The van der Waals surface area contributed by atoms with Crippen LogP contribution < -0.4 is 0 Å². The lowest BCUT2D eigenvalue weighted by molar-refractivity contribution is -0.163. The largest absolute Gasteiger partial charge is 0.462 e. The molecule has 0 amide bonds. The van der Waals surface area contributed by atoms with Gasteiger partial charge in [-0.2, -0.15) is 0 Å². The van der Waals surface area contributed by atoms with Crippen molar-refractivity contribution in [2.75, 3.05) is 19.8 Å². The molecule has 0 radical (unpaired) electrons. The van der Waals surface area contributed by atoms with Gasteiger partial charge >= 0.3 is 11.9 Å². The van der Waals surface area contributed by atoms with Crippen molar-refractivity contribution in [3.05, 3.63) is 36.5 Å². The van der Waals surface area contributed by atoms with Crippen LogP contribution in [0.2, 0.25) is 0 Å². The van der Waals surface area contributed by atoms with Crippen molar-refractivity contribution in [3.63, 3.8) is 0 Å². The number of rotatable bonds is 47. The summed E-state index contributed by atoms with van der Waals surface area (Å²) in [6, 6.07) is 0. The molecule has 5 nitrogen and oxygen atoms in total. The zero-order valence-corrected chi connectivity index (χ0v) is 39.1. The third kappa shape index (κ3) is 46.8. The average molecular weight is 815 g/mol. The molecule has 0 rings (SSSR count). The molecule has 0 fully saturated rings. The predicted octanol–water partition coefficient (Wildman–Crippen LogP) is 17.0. The predicted molar refractivity (Wildman–Crippen MR) is 252 cm³/mol. The van der Waals surface area contributed by atoms with Crippen LogP contribution in [0.4, 0.5) is 0 Å². The average Bonchev–Trinajstić information content (AvgIpc) is 3.22. The Labute approximate surface area is 361 Å². The van der Waals surface area contributed by atoms with E-state index < -0.39 is 6.10 Å². The van der Waals surface area contributed by atoms with E-state index in [0.29, 0.717) is 19.4 Å². The second kappa shape index (κ2) is 49.5. The van der Waals surface area contributed by atoms with Gasteiger partial charge in [0, 0.05) is 19.4 Å². The smallest absolute Gasteiger partial charge is 0.306 e. The van der Waals surface area contributed by atoms with Crippen LogP contribution in [0.3, 0.4) is 0 Å². The Morgan fingerprint density at radius 2 is 0.759 bits per heavy atom. The molecule has 0 bridgehead atoms. The lowest BCUT2D eigenvalue weighted by Gasteiger charge is -2.18. The van der Waals surface area contributed by atoms with E-state index in [1.807, 2.05) is 0 Å². The molecule has 0 aliphatic carbocycles. The number of hydrogen-bond donors (Lipinski definition) is 0. The van der Waals surface area contributed by atoms with Gasteiger partial charge in [0.1, 0.15) is 6.61 Å². The van der Waals surface area contributed by atoms with Crippen LogP contribution in [-0.4, -0.2) is 37.9 Å². The summed E-state index contributed by atoms with van der Waals surface area (Å²) in [6.07, 6.45) is 58.6. The standard InChI is InChI=1S/C53H98O5/c1-4-7-10-13-16-19-22-25-26-27-30-33-36-39-42-45-48-56-49-51(58-53(55)47-44-41-38-35-32-29-24-21-18-15-12-9-6-3)50-57-52(54)46-43-40-37-34-31-28-23-20-17-14-11-8-5-2/h11,14,20,23,25-26,51H,4-10,12-13,15-19,21-22,24,27-50H2,1-3H3/b14-11-,23-20-,26-25-. The molecule has 0 aliphatic heterocycles. The molecular formula is C53H98O5. The molecule has 0 aromatic heterocycles. The van der Waals surface area contributed by atoms with E-state index >= 15 is 0 Å². The second-order valence-electron chi connectivity index (χ2n) is 17.1. The van der Waals surface area contributed by atoms with E-state index in [1.54, 1.807) is 0 Å².